The van der Waals surface area contributed by atoms with Crippen molar-refractivity contribution in [2.24, 2.45) is 0 Å². The number of hydrogen-bond acceptors (Lipinski definition) is 4. The monoisotopic (exact) mass is 346 g/mol. The second-order valence-electron chi connectivity index (χ2n) is 6.63. The van der Waals surface area contributed by atoms with Crippen molar-refractivity contribution in [3.8, 4) is 5.88 Å². The molecule has 2 amide bonds. The van der Waals surface area contributed by atoms with Crippen LogP contribution in [0.15, 0.2) is 30.5 Å². The van der Waals surface area contributed by atoms with E-state index in [0.717, 1.165) is 6.54 Å². The third-order valence-corrected chi connectivity index (χ3v) is 3.95. The molecule has 1 aromatic heterocycles. The highest BCUT2D eigenvalue weighted by Gasteiger charge is 2.10. The molecule has 2 N–H and O–H groups in total. The number of likely N-dealkylation sites (tertiary alicyclic amines) is 1. The molecule has 2 rings (SSSR count). The van der Waals surface area contributed by atoms with Gasteiger partial charge in [0.15, 0.2) is 0 Å². The highest BCUT2D eigenvalue weighted by molar-refractivity contribution is 5.74. The molecular weight excluding hydrogens is 316 g/mol. The van der Waals surface area contributed by atoms with Crippen LogP contribution in [0.5, 0.6) is 5.88 Å². The van der Waals surface area contributed by atoms with Gasteiger partial charge in [0.1, 0.15) is 6.61 Å². The van der Waals surface area contributed by atoms with E-state index in [4.69, 9.17) is 4.74 Å². The number of pyridine rings is 1. The van der Waals surface area contributed by atoms with E-state index in [-0.39, 0.29) is 12.1 Å². The van der Waals surface area contributed by atoms with Crippen LogP contribution in [-0.2, 0) is 6.54 Å². The lowest BCUT2D eigenvalue weighted by atomic mass is 10.1. The van der Waals surface area contributed by atoms with Crippen molar-refractivity contribution < 1.29 is 9.53 Å². The topological polar surface area (TPSA) is 66.5 Å². The number of ether oxygens (including phenoxy) is 1. The van der Waals surface area contributed by atoms with Crippen molar-refractivity contribution in [3.63, 3.8) is 0 Å². The van der Waals surface area contributed by atoms with E-state index in [0.29, 0.717) is 19.0 Å². The van der Waals surface area contributed by atoms with E-state index < -0.39 is 0 Å². The van der Waals surface area contributed by atoms with E-state index in [1.165, 1.54) is 37.9 Å². The van der Waals surface area contributed by atoms with Gasteiger partial charge in [-0.25, -0.2) is 9.78 Å². The smallest absolute Gasteiger partial charge is 0.315 e. The summed E-state index contributed by atoms with van der Waals surface area (Å²) in [7, 11) is 0. The Hall–Kier alpha value is -2.08. The third-order valence-electron chi connectivity index (χ3n) is 3.95. The van der Waals surface area contributed by atoms with Crippen molar-refractivity contribution in [3.05, 3.63) is 36.0 Å². The van der Waals surface area contributed by atoms with Crippen LogP contribution in [0.3, 0.4) is 0 Å². The number of carbonyl (C=O) groups is 1. The minimum atomic E-state index is -0.160. The Labute approximate surface area is 150 Å². The van der Waals surface area contributed by atoms with Crippen molar-refractivity contribution in [2.45, 2.75) is 45.7 Å². The number of hydrogen-bond donors (Lipinski definition) is 2. The molecule has 0 bridgehead atoms. The molecule has 0 radical (unpaired) electrons. The number of amides is 2. The zero-order valence-electron chi connectivity index (χ0n) is 15.3. The summed E-state index contributed by atoms with van der Waals surface area (Å²) in [5, 5.41) is 5.52. The molecule has 25 heavy (non-hydrogen) atoms. The Morgan fingerprint density at radius 1 is 1.32 bits per heavy atom. The molecule has 6 nitrogen and oxygen atoms in total. The lowest BCUT2D eigenvalue weighted by molar-refractivity contribution is 0.220. The largest absolute Gasteiger partial charge is 0.473 e. The molecule has 1 fully saturated rings. The van der Waals surface area contributed by atoms with Gasteiger partial charge in [-0.05, 0) is 57.5 Å². The van der Waals surface area contributed by atoms with Gasteiger partial charge in [-0.2, -0.15) is 0 Å². The Bertz CT molecular complexity index is 554. The molecule has 1 aromatic rings. The fraction of sp³-hybridized carbons (Fsp3) is 0.579. The lowest BCUT2D eigenvalue weighted by Gasteiger charge is -2.26. The summed E-state index contributed by atoms with van der Waals surface area (Å²) in [6.45, 7) is 8.09. The third kappa shape index (κ3) is 8.03. The molecule has 1 aliphatic heterocycles. The highest BCUT2D eigenvalue weighted by Crippen LogP contribution is 2.15. The molecule has 6 heteroatoms. The summed E-state index contributed by atoms with van der Waals surface area (Å²) in [5.41, 5.74) is 1.24. The molecule has 0 aromatic carbocycles. The minimum Gasteiger partial charge on any atom is -0.473 e. The normalized spacial score (nSPS) is 15.5. The summed E-state index contributed by atoms with van der Waals surface area (Å²) in [6.07, 6.45) is 9.49. The molecule has 2 heterocycles. The number of urea groups is 1. The molecule has 0 saturated carbocycles. The van der Waals surface area contributed by atoms with Gasteiger partial charge in [-0.15, -0.1) is 0 Å². The quantitative estimate of drug-likeness (QED) is 0.710. The number of piperidine rings is 1. The Kier molecular flexibility index (Phi) is 8.25. The van der Waals surface area contributed by atoms with E-state index in [2.05, 4.69) is 26.6 Å². The van der Waals surface area contributed by atoms with Gasteiger partial charge in [0, 0.05) is 31.4 Å². The predicted octanol–water partition coefficient (Wildman–Crippen LogP) is 2.71. The van der Waals surface area contributed by atoms with Gasteiger partial charge in [-0.1, -0.05) is 12.5 Å². The lowest BCUT2D eigenvalue weighted by Crippen LogP contribution is -2.39. The van der Waals surface area contributed by atoms with Crippen molar-refractivity contribution in [2.75, 3.05) is 26.2 Å². The van der Waals surface area contributed by atoms with Crippen LogP contribution in [-0.4, -0.2) is 48.2 Å². The first-order chi connectivity index (χ1) is 12.1. The van der Waals surface area contributed by atoms with Crippen LogP contribution >= 0.6 is 0 Å². The first-order valence-corrected chi connectivity index (χ1v) is 9.13. The first kappa shape index (κ1) is 19.2. The maximum Gasteiger partial charge on any atom is 0.315 e. The standard InChI is InChI=1S/C19H30N4O2/c1-16(2)22-19(24)21-9-4-7-13-25-18-14-17(8-10-20-18)15-23-11-5-3-6-12-23/h4,7-8,10,14,16H,3,5-6,9,11-13,15H2,1-2H3,(H2,21,22,24). The second kappa shape index (κ2) is 10.7. The van der Waals surface area contributed by atoms with Crippen LogP contribution in [0.2, 0.25) is 0 Å². The average molecular weight is 346 g/mol. The molecule has 138 valence electrons. The predicted molar refractivity (Wildman–Crippen MR) is 99.7 cm³/mol. The van der Waals surface area contributed by atoms with Gasteiger partial charge >= 0.3 is 6.03 Å². The summed E-state index contributed by atoms with van der Waals surface area (Å²) in [5.74, 6) is 0.643. The summed E-state index contributed by atoms with van der Waals surface area (Å²) in [4.78, 5) is 18.1. The first-order valence-electron chi connectivity index (χ1n) is 9.13. The zero-order valence-corrected chi connectivity index (χ0v) is 15.3. The van der Waals surface area contributed by atoms with E-state index in [1.807, 2.05) is 32.1 Å². The molecule has 1 aliphatic rings. The van der Waals surface area contributed by atoms with Crippen LogP contribution in [0, 0.1) is 0 Å². The fourth-order valence-corrected chi connectivity index (χ4v) is 2.75. The number of nitrogens with zero attached hydrogens (tertiary/aromatic N) is 2. The van der Waals surface area contributed by atoms with E-state index >= 15 is 0 Å². The molecule has 0 spiro atoms. The van der Waals surface area contributed by atoms with Crippen LogP contribution < -0.4 is 15.4 Å². The number of carbonyl (C=O) groups excluding carboxylic acids is 1. The Morgan fingerprint density at radius 3 is 2.88 bits per heavy atom. The van der Waals surface area contributed by atoms with Crippen molar-refractivity contribution >= 4 is 6.03 Å². The summed E-state index contributed by atoms with van der Waals surface area (Å²) >= 11 is 0. The van der Waals surface area contributed by atoms with Gasteiger partial charge in [0.05, 0.1) is 0 Å². The van der Waals surface area contributed by atoms with Crippen LogP contribution in [0.4, 0.5) is 4.79 Å². The van der Waals surface area contributed by atoms with Crippen molar-refractivity contribution in [1.82, 2.24) is 20.5 Å². The van der Waals surface area contributed by atoms with E-state index in [9.17, 15) is 4.79 Å². The highest BCUT2D eigenvalue weighted by atomic mass is 16.5. The molecule has 0 atom stereocenters. The number of aromatic nitrogens is 1. The van der Waals surface area contributed by atoms with Gasteiger partial charge in [-0.3, -0.25) is 4.90 Å². The summed E-state index contributed by atoms with van der Waals surface area (Å²) in [6, 6.07) is 4.04. The summed E-state index contributed by atoms with van der Waals surface area (Å²) < 4.78 is 5.66. The molecular formula is C19H30N4O2. The number of nitrogens with one attached hydrogen (secondary N) is 2. The van der Waals surface area contributed by atoms with Gasteiger partial charge in [0.25, 0.3) is 0 Å². The molecule has 0 unspecified atom stereocenters. The van der Waals surface area contributed by atoms with Gasteiger partial charge < -0.3 is 15.4 Å². The van der Waals surface area contributed by atoms with E-state index in [1.54, 1.807) is 6.20 Å². The van der Waals surface area contributed by atoms with Crippen molar-refractivity contribution in [1.29, 1.82) is 0 Å². The minimum absolute atomic E-state index is 0.135. The van der Waals surface area contributed by atoms with Crippen LogP contribution in [0.25, 0.3) is 0 Å². The maximum atomic E-state index is 11.4. The van der Waals surface area contributed by atoms with Crippen LogP contribution in [0.1, 0.15) is 38.7 Å². The average Bonchev–Trinajstić information content (AvgIpc) is 2.58. The molecule has 1 saturated heterocycles. The Balaban J connectivity index is 1.67. The molecule has 0 aliphatic carbocycles. The number of rotatable bonds is 8. The Morgan fingerprint density at radius 2 is 2.12 bits per heavy atom. The maximum absolute atomic E-state index is 11.4. The zero-order chi connectivity index (χ0) is 17.9. The second-order valence-corrected chi connectivity index (χ2v) is 6.63. The SMILES string of the molecule is CC(C)NC(=O)NCC=CCOc1cc(CN2CCCCC2)ccn1. The fourth-order valence-electron chi connectivity index (χ4n) is 2.75. The van der Waals surface area contributed by atoms with Gasteiger partial charge in [0.2, 0.25) is 5.88 Å².